The molecule has 7 heteroatoms. The normalized spacial score (nSPS) is 15.6. The van der Waals surface area contributed by atoms with Gasteiger partial charge in [0.25, 0.3) is 5.91 Å². The minimum absolute atomic E-state index is 0.129. The quantitative estimate of drug-likeness (QED) is 0.730. The van der Waals surface area contributed by atoms with Gasteiger partial charge in [-0.15, -0.1) is 0 Å². The highest BCUT2D eigenvalue weighted by molar-refractivity contribution is 5.96. The van der Waals surface area contributed by atoms with E-state index in [1.54, 1.807) is 0 Å². The Labute approximate surface area is 122 Å². The number of carboxylic acids is 1. The average Bonchev–Trinajstić information content (AvgIpc) is 2.52. The standard InChI is InChI=1S/C14H19N3O4/c18-13(11-2-4-15-12(10-11)14(19)20)16-3-1-5-17-6-8-21-9-7-17/h2,4,10H,1,3,5-9H2,(H,16,18)(H,19,20). The van der Waals surface area contributed by atoms with Gasteiger partial charge in [0.2, 0.25) is 0 Å². The summed E-state index contributed by atoms with van der Waals surface area (Å²) in [6.45, 7) is 4.87. The molecule has 0 unspecified atom stereocenters. The first-order valence-electron chi connectivity index (χ1n) is 6.94. The molecule has 1 saturated heterocycles. The lowest BCUT2D eigenvalue weighted by atomic mass is 10.2. The highest BCUT2D eigenvalue weighted by atomic mass is 16.5. The van der Waals surface area contributed by atoms with Crippen LogP contribution in [0.1, 0.15) is 27.3 Å². The molecule has 1 amide bonds. The van der Waals surface area contributed by atoms with Crippen molar-refractivity contribution in [3.8, 4) is 0 Å². The molecule has 2 rings (SSSR count). The molecule has 0 aliphatic carbocycles. The SMILES string of the molecule is O=C(NCCCN1CCOCC1)c1ccnc(C(=O)O)c1. The molecule has 0 aromatic carbocycles. The Hall–Kier alpha value is -1.99. The second-order valence-electron chi connectivity index (χ2n) is 4.80. The lowest BCUT2D eigenvalue weighted by molar-refractivity contribution is 0.0374. The molecular weight excluding hydrogens is 274 g/mol. The van der Waals surface area contributed by atoms with Crippen LogP contribution >= 0.6 is 0 Å². The first kappa shape index (κ1) is 15.4. The molecule has 7 nitrogen and oxygen atoms in total. The highest BCUT2D eigenvalue weighted by Gasteiger charge is 2.11. The van der Waals surface area contributed by atoms with Crippen LogP contribution in [0.5, 0.6) is 0 Å². The van der Waals surface area contributed by atoms with Crippen LogP contribution in [0.4, 0.5) is 0 Å². The molecule has 2 heterocycles. The first-order chi connectivity index (χ1) is 10.2. The van der Waals surface area contributed by atoms with Gasteiger partial charge in [-0.2, -0.15) is 0 Å². The molecule has 21 heavy (non-hydrogen) atoms. The van der Waals surface area contributed by atoms with Gasteiger partial charge in [0.15, 0.2) is 0 Å². The summed E-state index contributed by atoms with van der Waals surface area (Å²) in [6.07, 6.45) is 2.18. The van der Waals surface area contributed by atoms with Gasteiger partial charge in [-0.3, -0.25) is 9.69 Å². The lowest BCUT2D eigenvalue weighted by Crippen LogP contribution is -2.38. The number of carbonyl (C=O) groups is 2. The van der Waals surface area contributed by atoms with Crippen molar-refractivity contribution in [1.82, 2.24) is 15.2 Å². The van der Waals surface area contributed by atoms with Gasteiger partial charge in [0, 0.05) is 31.4 Å². The number of hydrogen-bond donors (Lipinski definition) is 2. The Morgan fingerprint density at radius 3 is 2.86 bits per heavy atom. The van der Waals surface area contributed by atoms with E-state index in [2.05, 4.69) is 15.2 Å². The predicted molar refractivity (Wildman–Crippen MR) is 75.4 cm³/mol. The maximum Gasteiger partial charge on any atom is 0.354 e. The van der Waals surface area contributed by atoms with Crippen molar-refractivity contribution in [3.63, 3.8) is 0 Å². The Morgan fingerprint density at radius 1 is 1.38 bits per heavy atom. The molecule has 0 bridgehead atoms. The molecule has 1 aromatic rings. The van der Waals surface area contributed by atoms with Gasteiger partial charge < -0.3 is 15.2 Å². The van der Waals surface area contributed by atoms with Crippen LogP contribution in [-0.2, 0) is 4.74 Å². The van der Waals surface area contributed by atoms with Crippen molar-refractivity contribution in [3.05, 3.63) is 29.6 Å². The van der Waals surface area contributed by atoms with E-state index in [0.717, 1.165) is 39.3 Å². The third-order valence-corrected chi connectivity index (χ3v) is 3.28. The number of rotatable bonds is 6. The zero-order valence-electron chi connectivity index (χ0n) is 11.7. The number of carbonyl (C=O) groups excluding carboxylic acids is 1. The van der Waals surface area contributed by atoms with Crippen LogP contribution in [0, 0.1) is 0 Å². The summed E-state index contributed by atoms with van der Waals surface area (Å²) in [5, 5.41) is 11.6. The highest BCUT2D eigenvalue weighted by Crippen LogP contribution is 2.02. The first-order valence-corrected chi connectivity index (χ1v) is 6.94. The van der Waals surface area contributed by atoms with Crippen LogP contribution < -0.4 is 5.32 Å². The van der Waals surface area contributed by atoms with Gasteiger partial charge in [-0.1, -0.05) is 0 Å². The van der Waals surface area contributed by atoms with Gasteiger partial charge in [-0.05, 0) is 25.1 Å². The molecular formula is C14H19N3O4. The number of morpholine rings is 1. The minimum atomic E-state index is -1.14. The number of nitrogens with zero attached hydrogens (tertiary/aromatic N) is 2. The van der Waals surface area contributed by atoms with E-state index in [1.165, 1.54) is 18.3 Å². The summed E-state index contributed by atoms with van der Waals surface area (Å²) in [6, 6.07) is 2.78. The number of nitrogens with one attached hydrogen (secondary N) is 1. The molecule has 0 saturated carbocycles. The van der Waals surface area contributed by atoms with E-state index < -0.39 is 5.97 Å². The van der Waals surface area contributed by atoms with E-state index in [9.17, 15) is 9.59 Å². The largest absolute Gasteiger partial charge is 0.477 e. The Balaban J connectivity index is 1.74. The number of carboxylic acid groups (broad SMARTS) is 1. The fraction of sp³-hybridized carbons (Fsp3) is 0.500. The molecule has 1 fully saturated rings. The molecule has 1 aromatic heterocycles. The fourth-order valence-corrected chi connectivity index (χ4v) is 2.12. The van der Waals surface area contributed by atoms with Crippen LogP contribution in [-0.4, -0.2) is 66.3 Å². The van der Waals surface area contributed by atoms with E-state index in [-0.39, 0.29) is 11.6 Å². The van der Waals surface area contributed by atoms with Crippen molar-refractivity contribution in [1.29, 1.82) is 0 Å². The topological polar surface area (TPSA) is 91.8 Å². The van der Waals surface area contributed by atoms with E-state index in [1.807, 2.05) is 0 Å². The minimum Gasteiger partial charge on any atom is -0.477 e. The number of aromatic nitrogens is 1. The second kappa shape index (κ2) is 7.70. The van der Waals surface area contributed by atoms with Gasteiger partial charge >= 0.3 is 5.97 Å². The van der Waals surface area contributed by atoms with E-state index in [4.69, 9.17) is 9.84 Å². The molecule has 114 valence electrons. The summed E-state index contributed by atoms with van der Waals surface area (Å²) >= 11 is 0. The lowest BCUT2D eigenvalue weighted by Gasteiger charge is -2.26. The molecule has 0 radical (unpaired) electrons. The summed E-state index contributed by atoms with van der Waals surface area (Å²) in [5.41, 5.74) is 0.185. The van der Waals surface area contributed by atoms with Crippen LogP contribution in [0.2, 0.25) is 0 Å². The van der Waals surface area contributed by atoms with Gasteiger partial charge in [-0.25, -0.2) is 9.78 Å². The predicted octanol–water partition coefficient (Wildman–Crippen LogP) is 0.232. The van der Waals surface area contributed by atoms with Crippen molar-refractivity contribution < 1.29 is 19.4 Å². The van der Waals surface area contributed by atoms with E-state index in [0.29, 0.717) is 12.1 Å². The Bertz CT molecular complexity index is 501. The average molecular weight is 293 g/mol. The Kier molecular flexibility index (Phi) is 5.65. The summed E-state index contributed by atoms with van der Waals surface area (Å²) in [5.74, 6) is -1.42. The molecule has 0 atom stereocenters. The maximum absolute atomic E-state index is 11.9. The van der Waals surface area contributed by atoms with Crippen molar-refractivity contribution in [2.45, 2.75) is 6.42 Å². The van der Waals surface area contributed by atoms with Crippen LogP contribution in [0.15, 0.2) is 18.3 Å². The molecule has 1 aliphatic rings. The summed E-state index contributed by atoms with van der Waals surface area (Å²) in [4.78, 5) is 28.7. The third kappa shape index (κ3) is 4.80. The zero-order chi connectivity index (χ0) is 15.1. The smallest absolute Gasteiger partial charge is 0.354 e. The fourth-order valence-electron chi connectivity index (χ4n) is 2.12. The maximum atomic E-state index is 11.9. The van der Waals surface area contributed by atoms with Crippen LogP contribution in [0.25, 0.3) is 0 Å². The molecule has 2 N–H and O–H groups in total. The molecule has 1 aliphatic heterocycles. The number of ether oxygens (including phenoxy) is 1. The monoisotopic (exact) mass is 293 g/mol. The zero-order valence-corrected chi connectivity index (χ0v) is 11.7. The number of hydrogen-bond acceptors (Lipinski definition) is 5. The summed E-state index contributed by atoms with van der Waals surface area (Å²) in [7, 11) is 0. The number of amides is 1. The van der Waals surface area contributed by atoms with Gasteiger partial charge in [0.05, 0.1) is 13.2 Å². The number of pyridine rings is 1. The second-order valence-corrected chi connectivity index (χ2v) is 4.80. The number of aromatic carboxylic acids is 1. The Morgan fingerprint density at radius 2 is 2.14 bits per heavy atom. The van der Waals surface area contributed by atoms with E-state index >= 15 is 0 Å². The van der Waals surface area contributed by atoms with Crippen LogP contribution in [0.3, 0.4) is 0 Å². The summed E-state index contributed by atoms with van der Waals surface area (Å²) < 4.78 is 5.27. The van der Waals surface area contributed by atoms with Crippen molar-refractivity contribution >= 4 is 11.9 Å². The van der Waals surface area contributed by atoms with Crippen molar-refractivity contribution in [2.75, 3.05) is 39.4 Å². The molecule has 0 spiro atoms. The third-order valence-electron chi connectivity index (χ3n) is 3.28. The van der Waals surface area contributed by atoms with Gasteiger partial charge in [0.1, 0.15) is 5.69 Å². The van der Waals surface area contributed by atoms with Crippen molar-refractivity contribution in [2.24, 2.45) is 0 Å².